The smallest absolute Gasteiger partial charge is 0.290 e. The zero-order chi connectivity index (χ0) is 14.4. The first-order valence-electron chi connectivity index (χ1n) is 6.21. The lowest BCUT2D eigenvalue weighted by Gasteiger charge is -2.13. The van der Waals surface area contributed by atoms with E-state index in [1.165, 1.54) is 12.3 Å². The van der Waals surface area contributed by atoms with Gasteiger partial charge in [0, 0.05) is 11.6 Å². The summed E-state index contributed by atoms with van der Waals surface area (Å²) in [5, 5.41) is 6.33. The third kappa shape index (κ3) is 3.46. The van der Waals surface area contributed by atoms with Gasteiger partial charge < -0.3 is 15.6 Å². The lowest BCUT2D eigenvalue weighted by atomic mass is 10.1. The number of rotatable bonds is 3. The molecular weight excluding hydrogens is 254 g/mol. The van der Waals surface area contributed by atoms with Crippen molar-refractivity contribution in [3.8, 4) is 11.8 Å². The van der Waals surface area contributed by atoms with E-state index in [0.717, 1.165) is 11.1 Å². The molecule has 1 heterocycles. The van der Waals surface area contributed by atoms with Crippen LogP contribution in [0.2, 0.25) is 0 Å². The van der Waals surface area contributed by atoms with Crippen LogP contribution in [0.3, 0.4) is 0 Å². The summed E-state index contributed by atoms with van der Waals surface area (Å²) in [7, 11) is 0. The summed E-state index contributed by atoms with van der Waals surface area (Å²) in [6.07, 6.45) is 1.44. The van der Waals surface area contributed by atoms with Crippen LogP contribution in [0.1, 0.15) is 34.6 Å². The highest BCUT2D eigenvalue weighted by Gasteiger charge is 2.13. The van der Waals surface area contributed by atoms with Crippen LogP contribution in [0.15, 0.2) is 41.1 Å². The van der Waals surface area contributed by atoms with Gasteiger partial charge in [-0.05, 0) is 24.6 Å². The van der Waals surface area contributed by atoms with Crippen LogP contribution >= 0.6 is 0 Å². The third-order valence-electron chi connectivity index (χ3n) is 2.75. The van der Waals surface area contributed by atoms with Crippen LogP contribution in [0.25, 0.3) is 0 Å². The maximum atomic E-state index is 11.8. The normalized spacial score (nSPS) is 11.3. The van der Waals surface area contributed by atoms with Gasteiger partial charge in [-0.2, -0.15) is 0 Å². The van der Waals surface area contributed by atoms with E-state index >= 15 is 0 Å². The monoisotopic (exact) mass is 269 g/mol. The molecule has 2 rings (SSSR count). The minimum atomic E-state index is -0.290. The zero-order valence-corrected chi connectivity index (χ0v) is 11.1. The quantitative estimate of drug-likeness (QED) is 0.827. The third-order valence-corrected chi connectivity index (χ3v) is 2.75. The first kappa shape index (κ1) is 13.8. The molecule has 1 aromatic carbocycles. The highest BCUT2D eigenvalue weighted by atomic mass is 16.5. The molecule has 5 nitrogen and oxygen atoms in total. The Hall–Kier alpha value is -2.58. The van der Waals surface area contributed by atoms with Crippen LogP contribution in [0, 0.1) is 11.8 Å². The van der Waals surface area contributed by atoms with Crippen molar-refractivity contribution in [2.75, 3.05) is 6.54 Å². The number of hydrogen-bond donors (Lipinski definition) is 2. The second-order valence-electron chi connectivity index (χ2n) is 4.20. The Balaban J connectivity index is 2.02. The van der Waals surface area contributed by atoms with E-state index < -0.39 is 0 Å². The Morgan fingerprint density at radius 1 is 1.40 bits per heavy atom. The molecule has 102 valence electrons. The van der Waals surface area contributed by atoms with E-state index in [1.807, 2.05) is 31.2 Å². The molecule has 0 fully saturated rings. The standard InChI is InChI=1S/C15H15N3O2/c1-11(18-15(19)14-8-10-17-20-14)13-6-4-12(5-7-13)3-2-9-16/h4-8,10-11H,9,16H2,1H3,(H,18,19). The average Bonchev–Trinajstić information content (AvgIpc) is 3.00. The van der Waals surface area contributed by atoms with Gasteiger partial charge in [0.2, 0.25) is 5.76 Å². The predicted octanol–water partition coefficient (Wildman–Crippen LogP) is 1.48. The zero-order valence-electron chi connectivity index (χ0n) is 11.1. The fourth-order valence-electron chi connectivity index (χ4n) is 1.69. The maximum absolute atomic E-state index is 11.8. The topological polar surface area (TPSA) is 81.2 Å². The molecule has 1 unspecified atom stereocenters. The van der Waals surface area contributed by atoms with Crippen LogP contribution in [0.5, 0.6) is 0 Å². The molecule has 0 aliphatic heterocycles. The number of amides is 1. The number of aromatic nitrogens is 1. The largest absolute Gasteiger partial charge is 0.351 e. The number of nitrogens with two attached hydrogens (primary N) is 1. The summed E-state index contributed by atoms with van der Waals surface area (Å²) in [4.78, 5) is 11.8. The van der Waals surface area contributed by atoms with E-state index in [-0.39, 0.29) is 17.7 Å². The van der Waals surface area contributed by atoms with E-state index in [2.05, 4.69) is 22.3 Å². The lowest BCUT2D eigenvalue weighted by molar-refractivity contribution is 0.0902. The Morgan fingerprint density at radius 2 is 2.15 bits per heavy atom. The number of carbonyl (C=O) groups excluding carboxylic acids is 1. The highest BCUT2D eigenvalue weighted by Crippen LogP contribution is 2.14. The minimum absolute atomic E-state index is 0.135. The Morgan fingerprint density at radius 3 is 2.75 bits per heavy atom. The molecule has 3 N–H and O–H groups in total. The summed E-state index contributed by atoms with van der Waals surface area (Å²) in [6, 6.07) is 9.03. The molecule has 5 heteroatoms. The summed E-state index contributed by atoms with van der Waals surface area (Å²) in [6.45, 7) is 2.24. The van der Waals surface area contributed by atoms with Gasteiger partial charge in [-0.15, -0.1) is 0 Å². The van der Waals surface area contributed by atoms with Crippen molar-refractivity contribution in [2.24, 2.45) is 5.73 Å². The molecular formula is C15H15N3O2. The molecule has 1 aromatic heterocycles. The number of nitrogens with zero attached hydrogens (tertiary/aromatic N) is 1. The van der Waals surface area contributed by atoms with Gasteiger partial charge >= 0.3 is 0 Å². The van der Waals surface area contributed by atoms with Crippen molar-refractivity contribution < 1.29 is 9.32 Å². The number of nitrogens with one attached hydrogen (secondary N) is 1. The average molecular weight is 269 g/mol. The summed E-state index contributed by atoms with van der Waals surface area (Å²) in [5.41, 5.74) is 7.20. The van der Waals surface area contributed by atoms with Gasteiger partial charge in [0.05, 0.1) is 18.8 Å². The summed E-state index contributed by atoms with van der Waals surface area (Å²) < 4.78 is 4.80. The fourth-order valence-corrected chi connectivity index (χ4v) is 1.69. The molecule has 0 radical (unpaired) electrons. The first-order chi connectivity index (χ1) is 9.70. The number of benzene rings is 1. The molecule has 0 aliphatic carbocycles. The fraction of sp³-hybridized carbons (Fsp3) is 0.200. The molecule has 0 saturated heterocycles. The number of hydrogen-bond acceptors (Lipinski definition) is 4. The van der Waals surface area contributed by atoms with Crippen LogP contribution in [-0.2, 0) is 0 Å². The maximum Gasteiger partial charge on any atom is 0.290 e. The van der Waals surface area contributed by atoms with Crippen LogP contribution in [-0.4, -0.2) is 17.6 Å². The Bertz CT molecular complexity index is 621. The van der Waals surface area contributed by atoms with Gasteiger partial charge in [-0.3, -0.25) is 4.79 Å². The molecule has 0 aliphatic rings. The number of carbonyl (C=O) groups is 1. The predicted molar refractivity (Wildman–Crippen MR) is 74.8 cm³/mol. The molecule has 0 spiro atoms. The molecule has 0 bridgehead atoms. The van der Waals surface area contributed by atoms with Gasteiger partial charge in [0.1, 0.15) is 0 Å². The first-order valence-corrected chi connectivity index (χ1v) is 6.21. The van der Waals surface area contributed by atoms with Crippen LogP contribution in [0.4, 0.5) is 0 Å². The lowest BCUT2D eigenvalue weighted by Crippen LogP contribution is -2.26. The molecule has 20 heavy (non-hydrogen) atoms. The second kappa shape index (κ2) is 6.55. The Labute approximate surface area is 117 Å². The van der Waals surface area contributed by atoms with Gasteiger partial charge in [-0.1, -0.05) is 29.1 Å². The van der Waals surface area contributed by atoms with E-state index in [9.17, 15) is 4.79 Å². The molecule has 0 saturated carbocycles. The second-order valence-corrected chi connectivity index (χ2v) is 4.20. The Kier molecular flexibility index (Phi) is 4.53. The molecule has 2 aromatic rings. The van der Waals surface area contributed by atoms with Gasteiger partial charge in [0.25, 0.3) is 5.91 Å². The van der Waals surface area contributed by atoms with Crippen molar-refractivity contribution in [1.82, 2.24) is 10.5 Å². The summed E-state index contributed by atoms with van der Waals surface area (Å²) in [5.74, 6) is 5.65. The van der Waals surface area contributed by atoms with Crippen molar-refractivity contribution in [3.05, 3.63) is 53.4 Å². The van der Waals surface area contributed by atoms with Gasteiger partial charge in [-0.25, -0.2) is 0 Å². The van der Waals surface area contributed by atoms with Gasteiger partial charge in [0.15, 0.2) is 0 Å². The van der Waals surface area contributed by atoms with Crippen molar-refractivity contribution >= 4 is 5.91 Å². The van der Waals surface area contributed by atoms with Crippen molar-refractivity contribution in [2.45, 2.75) is 13.0 Å². The van der Waals surface area contributed by atoms with E-state index in [4.69, 9.17) is 10.3 Å². The summed E-state index contributed by atoms with van der Waals surface area (Å²) >= 11 is 0. The van der Waals surface area contributed by atoms with Crippen molar-refractivity contribution in [3.63, 3.8) is 0 Å². The molecule has 1 amide bonds. The minimum Gasteiger partial charge on any atom is -0.351 e. The van der Waals surface area contributed by atoms with E-state index in [1.54, 1.807) is 0 Å². The van der Waals surface area contributed by atoms with Crippen molar-refractivity contribution in [1.29, 1.82) is 0 Å². The highest BCUT2D eigenvalue weighted by molar-refractivity contribution is 5.91. The molecule has 1 atom stereocenters. The van der Waals surface area contributed by atoms with Crippen LogP contribution < -0.4 is 11.1 Å². The van der Waals surface area contributed by atoms with E-state index in [0.29, 0.717) is 6.54 Å². The SMILES string of the molecule is CC(NC(=O)c1ccno1)c1ccc(C#CCN)cc1.